The lowest BCUT2D eigenvalue weighted by Crippen LogP contribution is -2.30. The van der Waals surface area contributed by atoms with Crippen molar-refractivity contribution in [2.24, 2.45) is 5.92 Å². The number of benzene rings is 1. The number of amides is 1. The number of hydrogen-bond donors (Lipinski definition) is 1. The van der Waals surface area contributed by atoms with Gasteiger partial charge in [0.2, 0.25) is 0 Å². The van der Waals surface area contributed by atoms with E-state index >= 15 is 0 Å². The molecule has 0 bridgehead atoms. The van der Waals surface area contributed by atoms with Crippen molar-refractivity contribution in [3.8, 4) is 6.07 Å². The first-order chi connectivity index (χ1) is 8.61. The van der Waals surface area contributed by atoms with Crippen molar-refractivity contribution in [3.05, 3.63) is 29.3 Å². The summed E-state index contributed by atoms with van der Waals surface area (Å²) in [7, 11) is 1.74. The number of carbonyl (C=O) groups is 1. The van der Waals surface area contributed by atoms with Crippen molar-refractivity contribution in [3.63, 3.8) is 0 Å². The third-order valence-corrected chi connectivity index (χ3v) is 3.18. The molecule has 1 amide bonds. The number of rotatable bonds is 3. The summed E-state index contributed by atoms with van der Waals surface area (Å²) in [5, 5.41) is 12.0. The average molecular weight is 243 g/mol. The van der Waals surface area contributed by atoms with Crippen LogP contribution < -0.4 is 5.32 Å². The van der Waals surface area contributed by atoms with Crippen LogP contribution in [0.4, 0.5) is 5.69 Å². The maximum absolute atomic E-state index is 12.2. The van der Waals surface area contributed by atoms with Crippen LogP contribution in [0.3, 0.4) is 0 Å². The van der Waals surface area contributed by atoms with Gasteiger partial charge in [-0.25, -0.2) is 0 Å². The fourth-order valence-electron chi connectivity index (χ4n) is 2.19. The van der Waals surface area contributed by atoms with E-state index in [1.165, 1.54) is 5.56 Å². The summed E-state index contributed by atoms with van der Waals surface area (Å²) in [5.74, 6) is -0.165. The van der Waals surface area contributed by atoms with Gasteiger partial charge in [0.15, 0.2) is 0 Å². The van der Waals surface area contributed by atoms with Gasteiger partial charge in [-0.05, 0) is 37.1 Å². The highest BCUT2D eigenvalue weighted by molar-refractivity contribution is 5.95. The normalized spacial score (nSPS) is 14.3. The SMILES string of the molecule is CC(C#N)CN(C)C(=O)c1ccc2c(c1)CCN2. The predicted molar refractivity (Wildman–Crippen MR) is 70.4 cm³/mol. The van der Waals surface area contributed by atoms with Crippen LogP contribution in [0.2, 0.25) is 0 Å². The molecule has 0 spiro atoms. The predicted octanol–water partition coefficient (Wildman–Crippen LogP) is 1.89. The zero-order valence-electron chi connectivity index (χ0n) is 10.7. The molecule has 0 saturated carbocycles. The number of nitrogens with zero attached hydrogens (tertiary/aromatic N) is 2. The summed E-state index contributed by atoms with van der Waals surface area (Å²) >= 11 is 0. The Labute approximate surface area is 107 Å². The molecular weight excluding hydrogens is 226 g/mol. The molecule has 1 aliphatic heterocycles. The van der Waals surface area contributed by atoms with Gasteiger partial charge in [-0.15, -0.1) is 0 Å². The Morgan fingerprint density at radius 1 is 1.61 bits per heavy atom. The number of anilines is 1. The van der Waals surface area contributed by atoms with E-state index < -0.39 is 0 Å². The van der Waals surface area contributed by atoms with Crippen molar-refractivity contribution >= 4 is 11.6 Å². The second kappa shape index (κ2) is 5.09. The minimum Gasteiger partial charge on any atom is -0.384 e. The van der Waals surface area contributed by atoms with E-state index in [1.54, 1.807) is 11.9 Å². The molecule has 4 heteroatoms. The minimum atomic E-state index is -0.143. The molecule has 0 radical (unpaired) electrons. The second-order valence-corrected chi connectivity index (χ2v) is 4.76. The highest BCUT2D eigenvalue weighted by Gasteiger charge is 2.17. The zero-order chi connectivity index (χ0) is 13.1. The smallest absolute Gasteiger partial charge is 0.253 e. The van der Waals surface area contributed by atoms with Gasteiger partial charge in [-0.1, -0.05) is 0 Å². The van der Waals surface area contributed by atoms with Crippen LogP contribution in [-0.2, 0) is 6.42 Å². The van der Waals surface area contributed by atoms with Crippen molar-refractivity contribution in [1.29, 1.82) is 5.26 Å². The molecule has 1 unspecified atom stereocenters. The van der Waals surface area contributed by atoms with E-state index in [2.05, 4.69) is 11.4 Å². The minimum absolute atomic E-state index is 0.0215. The van der Waals surface area contributed by atoms with Crippen LogP contribution in [0.25, 0.3) is 0 Å². The Balaban J connectivity index is 2.12. The summed E-state index contributed by atoms with van der Waals surface area (Å²) in [6.45, 7) is 3.22. The molecule has 1 aromatic rings. The van der Waals surface area contributed by atoms with Gasteiger partial charge in [0.1, 0.15) is 0 Å². The van der Waals surface area contributed by atoms with E-state index in [0.29, 0.717) is 12.1 Å². The summed E-state index contributed by atoms with van der Waals surface area (Å²) in [4.78, 5) is 13.8. The Kier molecular flexibility index (Phi) is 3.52. The van der Waals surface area contributed by atoms with Crippen molar-refractivity contribution < 1.29 is 4.79 Å². The van der Waals surface area contributed by atoms with Crippen molar-refractivity contribution in [2.45, 2.75) is 13.3 Å². The lowest BCUT2D eigenvalue weighted by molar-refractivity contribution is 0.0785. The van der Waals surface area contributed by atoms with E-state index in [9.17, 15) is 4.79 Å². The first-order valence-electron chi connectivity index (χ1n) is 6.13. The highest BCUT2D eigenvalue weighted by atomic mass is 16.2. The molecule has 2 rings (SSSR count). The topological polar surface area (TPSA) is 56.1 Å². The number of nitrogens with one attached hydrogen (secondary N) is 1. The number of hydrogen-bond acceptors (Lipinski definition) is 3. The van der Waals surface area contributed by atoms with Gasteiger partial charge in [0.05, 0.1) is 12.0 Å². The van der Waals surface area contributed by atoms with Gasteiger partial charge < -0.3 is 10.2 Å². The summed E-state index contributed by atoms with van der Waals surface area (Å²) in [6, 6.07) is 7.89. The molecule has 94 valence electrons. The van der Waals surface area contributed by atoms with E-state index in [0.717, 1.165) is 18.7 Å². The maximum atomic E-state index is 12.2. The van der Waals surface area contributed by atoms with Gasteiger partial charge in [-0.3, -0.25) is 4.79 Å². The quantitative estimate of drug-likeness (QED) is 0.882. The third kappa shape index (κ3) is 2.45. The van der Waals surface area contributed by atoms with Crippen LogP contribution in [0.1, 0.15) is 22.8 Å². The van der Waals surface area contributed by atoms with Gasteiger partial charge >= 0.3 is 0 Å². The molecule has 0 saturated heterocycles. The van der Waals surface area contributed by atoms with E-state index in [4.69, 9.17) is 5.26 Å². The zero-order valence-corrected chi connectivity index (χ0v) is 10.7. The van der Waals surface area contributed by atoms with Crippen molar-refractivity contribution in [1.82, 2.24) is 4.90 Å². The molecule has 0 aromatic heterocycles. The van der Waals surface area contributed by atoms with E-state index in [-0.39, 0.29) is 11.8 Å². The van der Waals surface area contributed by atoms with Crippen LogP contribution in [0, 0.1) is 17.2 Å². The van der Waals surface area contributed by atoms with E-state index in [1.807, 2.05) is 25.1 Å². The monoisotopic (exact) mass is 243 g/mol. The van der Waals surface area contributed by atoms with Gasteiger partial charge in [0.25, 0.3) is 5.91 Å². The second-order valence-electron chi connectivity index (χ2n) is 4.76. The molecule has 0 aliphatic carbocycles. The first-order valence-corrected chi connectivity index (χ1v) is 6.13. The van der Waals surface area contributed by atoms with Crippen LogP contribution in [-0.4, -0.2) is 30.9 Å². The summed E-state index contributed by atoms with van der Waals surface area (Å²) < 4.78 is 0. The Bertz CT molecular complexity index is 504. The summed E-state index contributed by atoms with van der Waals surface area (Å²) in [5.41, 5.74) is 3.02. The maximum Gasteiger partial charge on any atom is 0.253 e. The third-order valence-electron chi connectivity index (χ3n) is 3.18. The summed E-state index contributed by atoms with van der Waals surface area (Å²) in [6.07, 6.45) is 0.967. The Hall–Kier alpha value is -2.02. The highest BCUT2D eigenvalue weighted by Crippen LogP contribution is 2.23. The molecule has 18 heavy (non-hydrogen) atoms. The standard InChI is InChI=1S/C14H17N3O/c1-10(8-15)9-17(2)14(18)12-3-4-13-11(7-12)5-6-16-13/h3-4,7,10,16H,5-6,9H2,1-2H3. The molecular formula is C14H17N3O. The largest absolute Gasteiger partial charge is 0.384 e. The Morgan fingerprint density at radius 2 is 2.39 bits per heavy atom. The molecule has 1 heterocycles. The van der Waals surface area contributed by atoms with Gasteiger partial charge in [0, 0.05) is 31.4 Å². The molecule has 1 atom stereocenters. The lowest BCUT2D eigenvalue weighted by atomic mass is 10.1. The molecule has 1 N–H and O–H groups in total. The molecule has 1 aliphatic rings. The van der Waals surface area contributed by atoms with Crippen molar-refractivity contribution in [2.75, 3.05) is 25.5 Å². The fourth-order valence-corrected chi connectivity index (χ4v) is 2.19. The average Bonchev–Trinajstić information content (AvgIpc) is 2.84. The number of carbonyl (C=O) groups excluding carboxylic acids is 1. The molecule has 1 aromatic carbocycles. The van der Waals surface area contributed by atoms with Crippen LogP contribution >= 0.6 is 0 Å². The lowest BCUT2D eigenvalue weighted by Gasteiger charge is -2.18. The van der Waals surface area contributed by atoms with Crippen LogP contribution in [0.15, 0.2) is 18.2 Å². The fraction of sp³-hybridized carbons (Fsp3) is 0.429. The van der Waals surface area contributed by atoms with Crippen LogP contribution in [0.5, 0.6) is 0 Å². The van der Waals surface area contributed by atoms with Gasteiger partial charge in [-0.2, -0.15) is 5.26 Å². The molecule has 0 fully saturated rings. The number of nitriles is 1. The number of fused-ring (bicyclic) bond motifs is 1. The first kappa shape index (κ1) is 12.4. The molecule has 4 nitrogen and oxygen atoms in total. The Morgan fingerprint density at radius 3 is 3.11 bits per heavy atom.